The molecule has 1 aromatic carbocycles. The minimum Gasteiger partial charge on any atom is -0.461 e. The van der Waals surface area contributed by atoms with Crippen LogP contribution in [0.1, 0.15) is 41.4 Å². The molecule has 0 radical (unpaired) electrons. The summed E-state index contributed by atoms with van der Waals surface area (Å²) in [7, 11) is 0. The SMILES string of the molecule is O=C(NCC(c1ccccc1)N1CCCCC1)c1cc(-c2ccco2)on1. The van der Waals surface area contributed by atoms with E-state index in [0.29, 0.717) is 18.1 Å². The van der Waals surface area contributed by atoms with E-state index in [1.54, 1.807) is 24.5 Å². The lowest BCUT2D eigenvalue weighted by atomic mass is 10.0. The number of furan rings is 1. The maximum Gasteiger partial charge on any atom is 0.273 e. The van der Waals surface area contributed by atoms with Gasteiger partial charge in [0.15, 0.2) is 11.5 Å². The number of carbonyl (C=O) groups excluding carboxylic acids is 1. The van der Waals surface area contributed by atoms with Gasteiger partial charge in [-0.1, -0.05) is 41.9 Å². The highest BCUT2D eigenvalue weighted by molar-refractivity contribution is 5.92. The summed E-state index contributed by atoms with van der Waals surface area (Å²) in [5, 5.41) is 6.89. The molecule has 0 spiro atoms. The van der Waals surface area contributed by atoms with E-state index in [4.69, 9.17) is 8.94 Å². The molecular formula is C21H23N3O3. The van der Waals surface area contributed by atoms with Crippen molar-refractivity contribution in [2.24, 2.45) is 0 Å². The fourth-order valence-electron chi connectivity index (χ4n) is 3.56. The molecule has 1 saturated heterocycles. The summed E-state index contributed by atoms with van der Waals surface area (Å²) in [6, 6.07) is 15.6. The second-order valence-electron chi connectivity index (χ2n) is 6.79. The van der Waals surface area contributed by atoms with Crippen LogP contribution >= 0.6 is 0 Å². The number of nitrogens with one attached hydrogen (secondary N) is 1. The molecule has 1 amide bonds. The maximum absolute atomic E-state index is 12.6. The number of piperidine rings is 1. The van der Waals surface area contributed by atoms with Crippen LogP contribution in [0, 0.1) is 0 Å². The number of benzene rings is 1. The fourth-order valence-corrected chi connectivity index (χ4v) is 3.56. The molecule has 27 heavy (non-hydrogen) atoms. The molecule has 6 heteroatoms. The summed E-state index contributed by atoms with van der Waals surface area (Å²) < 4.78 is 10.5. The Labute approximate surface area is 158 Å². The Kier molecular flexibility index (Phi) is 5.34. The smallest absolute Gasteiger partial charge is 0.273 e. The van der Waals surface area contributed by atoms with Gasteiger partial charge in [0.2, 0.25) is 5.76 Å². The molecule has 1 N–H and O–H groups in total. The van der Waals surface area contributed by atoms with E-state index in [-0.39, 0.29) is 17.6 Å². The number of likely N-dealkylation sites (tertiary alicyclic amines) is 1. The Morgan fingerprint density at radius 2 is 1.89 bits per heavy atom. The second kappa shape index (κ2) is 8.22. The Morgan fingerprint density at radius 1 is 1.07 bits per heavy atom. The number of amides is 1. The molecule has 6 nitrogen and oxygen atoms in total. The third kappa shape index (κ3) is 4.11. The number of hydrogen-bond acceptors (Lipinski definition) is 5. The van der Waals surface area contributed by atoms with Crippen molar-refractivity contribution in [3.8, 4) is 11.5 Å². The van der Waals surface area contributed by atoms with Gasteiger partial charge < -0.3 is 14.3 Å². The Hall–Kier alpha value is -2.86. The van der Waals surface area contributed by atoms with Crippen LogP contribution in [0.3, 0.4) is 0 Å². The predicted molar refractivity (Wildman–Crippen MR) is 101 cm³/mol. The van der Waals surface area contributed by atoms with Crippen LogP contribution in [0.2, 0.25) is 0 Å². The number of carbonyl (C=O) groups is 1. The Balaban J connectivity index is 1.45. The highest BCUT2D eigenvalue weighted by Gasteiger charge is 2.23. The molecular weight excluding hydrogens is 342 g/mol. The fraction of sp³-hybridized carbons (Fsp3) is 0.333. The number of rotatable bonds is 6. The minimum absolute atomic E-state index is 0.159. The van der Waals surface area contributed by atoms with Crippen LogP contribution < -0.4 is 5.32 Å². The zero-order chi connectivity index (χ0) is 18.5. The largest absolute Gasteiger partial charge is 0.461 e. The molecule has 0 bridgehead atoms. The molecule has 3 heterocycles. The van der Waals surface area contributed by atoms with E-state index in [0.717, 1.165) is 13.1 Å². The van der Waals surface area contributed by atoms with Crippen molar-refractivity contribution < 1.29 is 13.7 Å². The molecule has 1 aliphatic rings. The van der Waals surface area contributed by atoms with Gasteiger partial charge >= 0.3 is 0 Å². The summed E-state index contributed by atoms with van der Waals surface area (Å²) in [6.07, 6.45) is 5.24. The van der Waals surface area contributed by atoms with Crippen molar-refractivity contribution in [1.29, 1.82) is 0 Å². The van der Waals surface area contributed by atoms with Crippen molar-refractivity contribution in [1.82, 2.24) is 15.4 Å². The second-order valence-corrected chi connectivity index (χ2v) is 6.79. The molecule has 140 valence electrons. The van der Waals surface area contributed by atoms with Crippen LogP contribution in [0.15, 0.2) is 63.7 Å². The zero-order valence-electron chi connectivity index (χ0n) is 15.1. The van der Waals surface area contributed by atoms with Crippen molar-refractivity contribution in [3.05, 3.63) is 66.1 Å². The van der Waals surface area contributed by atoms with Crippen molar-refractivity contribution in [2.45, 2.75) is 25.3 Å². The zero-order valence-corrected chi connectivity index (χ0v) is 15.1. The van der Waals surface area contributed by atoms with E-state index in [9.17, 15) is 4.79 Å². The van der Waals surface area contributed by atoms with Gasteiger partial charge in [0.05, 0.1) is 12.3 Å². The molecule has 1 fully saturated rings. The third-order valence-electron chi connectivity index (χ3n) is 4.98. The van der Waals surface area contributed by atoms with Gasteiger partial charge in [0, 0.05) is 12.6 Å². The number of nitrogens with zero attached hydrogens (tertiary/aromatic N) is 2. The van der Waals surface area contributed by atoms with Crippen molar-refractivity contribution >= 4 is 5.91 Å². The van der Waals surface area contributed by atoms with Gasteiger partial charge in [-0.2, -0.15) is 0 Å². The topological polar surface area (TPSA) is 71.5 Å². The third-order valence-corrected chi connectivity index (χ3v) is 4.98. The summed E-state index contributed by atoms with van der Waals surface area (Å²) in [5.74, 6) is 0.757. The van der Waals surface area contributed by atoms with E-state index in [1.165, 1.54) is 24.8 Å². The van der Waals surface area contributed by atoms with E-state index in [1.807, 2.05) is 18.2 Å². The summed E-state index contributed by atoms with van der Waals surface area (Å²) in [5.41, 5.74) is 1.47. The van der Waals surface area contributed by atoms with E-state index < -0.39 is 0 Å². The maximum atomic E-state index is 12.6. The predicted octanol–water partition coefficient (Wildman–Crippen LogP) is 3.89. The first kappa shape index (κ1) is 17.5. The van der Waals surface area contributed by atoms with E-state index >= 15 is 0 Å². The quantitative estimate of drug-likeness (QED) is 0.717. The van der Waals surface area contributed by atoms with Gasteiger partial charge in [-0.15, -0.1) is 0 Å². The van der Waals surface area contributed by atoms with E-state index in [2.05, 4.69) is 27.5 Å². The van der Waals surface area contributed by atoms with Crippen LogP contribution in [-0.4, -0.2) is 35.6 Å². The minimum atomic E-state index is -0.241. The number of hydrogen-bond donors (Lipinski definition) is 1. The molecule has 3 aromatic rings. The monoisotopic (exact) mass is 365 g/mol. The van der Waals surface area contributed by atoms with Crippen LogP contribution in [0.4, 0.5) is 0 Å². The molecule has 2 aromatic heterocycles. The summed E-state index contributed by atoms with van der Waals surface area (Å²) >= 11 is 0. The first-order chi connectivity index (χ1) is 13.3. The van der Waals surface area contributed by atoms with Crippen LogP contribution in [0.5, 0.6) is 0 Å². The molecule has 0 saturated carbocycles. The number of aromatic nitrogens is 1. The lowest BCUT2D eigenvalue weighted by Crippen LogP contribution is -2.40. The molecule has 1 unspecified atom stereocenters. The lowest BCUT2D eigenvalue weighted by molar-refractivity contribution is 0.0915. The normalized spacial score (nSPS) is 16.1. The average Bonchev–Trinajstić information content (AvgIpc) is 3.41. The molecule has 4 rings (SSSR count). The van der Waals surface area contributed by atoms with Crippen molar-refractivity contribution in [2.75, 3.05) is 19.6 Å². The summed E-state index contributed by atoms with van der Waals surface area (Å²) in [4.78, 5) is 15.0. The first-order valence-electron chi connectivity index (χ1n) is 9.39. The standard InChI is InChI=1S/C21H23N3O3/c25-21(17-14-20(27-23-17)19-10-7-13-26-19)22-15-18(16-8-3-1-4-9-16)24-11-5-2-6-12-24/h1,3-4,7-10,13-14,18H,2,5-6,11-12,15H2,(H,22,25). The van der Waals surface area contributed by atoms with Gasteiger partial charge in [-0.3, -0.25) is 9.69 Å². The molecule has 1 aliphatic heterocycles. The van der Waals surface area contributed by atoms with Gasteiger partial charge in [-0.25, -0.2) is 0 Å². The Morgan fingerprint density at radius 3 is 2.63 bits per heavy atom. The average molecular weight is 365 g/mol. The molecule has 1 atom stereocenters. The molecule has 0 aliphatic carbocycles. The highest BCUT2D eigenvalue weighted by atomic mass is 16.5. The summed E-state index contributed by atoms with van der Waals surface area (Å²) in [6.45, 7) is 2.65. The Bertz CT molecular complexity index is 852. The van der Waals surface area contributed by atoms with Gasteiger partial charge in [0.1, 0.15) is 0 Å². The van der Waals surface area contributed by atoms with Crippen LogP contribution in [-0.2, 0) is 0 Å². The van der Waals surface area contributed by atoms with Gasteiger partial charge in [0.25, 0.3) is 5.91 Å². The van der Waals surface area contributed by atoms with Gasteiger partial charge in [-0.05, 0) is 43.6 Å². The van der Waals surface area contributed by atoms with Crippen molar-refractivity contribution in [3.63, 3.8) is 0 Å². The highest BCUT2D eigenvalue weighted by Crippen LogP contribution is 2.24. The lowest BCUT2D eigenvalue weighted by Gasteiger charge is -2.35. The van der Waals surface area contributed by atoms with Crippen LogP contribution in [0.25, 0.3) is 11.5 Å². The first-order valence-corrected chi connectivity index (χ1v) is 9.39.